The summed E-state index contributed by atoms with van der Waals surface area (Å²) in [7, 11) is 0. The molecule has 2 rings (SSSR count). The Morgan fingerprint density at radius 3 is 1.46 bits per heavy atom. The number of hydrazine groups is 1. The predicted octanol–water partition coefficient (Wildman–Crippen LogP) is -1.31. The molecule has 5 heteroatoms. The minimum absolute atomic E-state index is 0. The first-order chi connectivity index (χ1) is 5.79. The van der Waals surface area contributed by atoms with Gasteiger partial charge < -0.3 is 0 Å². The fourth-order valence-electron chi connectivity index (χ4n) is 1.78. The maximum atomic E-state index is 11.2. The summed E-state index contributed by atoms with van der Waals surface area (Å²) in [6, 6.07) is 0. The summed E-state index contributed by atoms with van der Waals surface area (Å²) < 4.78 is 0. The molecule has 0 N–H and O–H groups in total. The molecule has 2 saturated heterocycles. The number of rotatable bonds is 1. The summed E-state index contributed by atoms with van der Waals surface area (Å²) in [5.74, 6) is 0.204. The molecule has 0 radical (unpaired) electrons. The van der Waals surface area contributed by atoms with Crippen LogP contribution in [-0.2, 0) is 9.59 Å². The van der Waals surface area contributed by atoms with Crippen LogP contribution < -0.4 is 0 Å². The fourth-order valence-corrected chi connectivity index (χ4v) is 1.78. The highest BCUT2D eigenvalue weighted by Gasteiger charge is 2.32. The van der Waals surface area contributed by atoms with Crippen LogP contribution in [0.25, 0.3) is 0 Å². The Bertz CT molecular complexity index is 208. The highest BCUT2D eigenvalue weighted by molar-refractivity contribution is 5.84. The quantitative estimate of drug-likeness (QED) is 0.493. The molecular weight excluding hydrogens is 184 g/mol. The van der Waals surface area contributed by atoms with Crippen LogP contribution in [0.2, 0.25) is 0 Å². The van der Waals surface area contributed by atoms with Gasteiger partial charge in [0, 0.05) is 25.9 Å². The lowest BCUT2D eigenvalue weighted by atomic mass is 10.4. The molecule has 0 saturated carbocycles. The Kier molecular flexibility index (Phi) is 3.08. The van der Waals surface area contributed by atoms with E-state index in [1.807, 2.05) is 0 Å². The molecule has 2 fully saturated rings. The maximum absolute atomic E-state index is 11.2. The van der Waals surface area contributed by atoms with Crippen LogP contribution in [0.15, 0.2) is 0 Å². The van der Waals surface area contributed by atoms with Gasteiger partial charge in [-0.25, -0.2) is 0 Å². The minimum Gasteiger partial charge on any atom is -0.273 e. The van der Waals surface area contributed by atoms with Gasteiger partial charge in [0.2, 0.25) is 11.8 Å². The molecule has 0 bridgehead atoms. The van der Waals surface area contributed by atoms with Crippen molar-refractivity contribution in [1.82, 2.24) is 10.0 Å². The van der Waals surface area contributed by atoms with E-state index in [1.54, 1.807) is 10.0 Å². The summed E-state index contributed by atoms with van der Waals surface area (Å²) in [5.41, 5.74) is 0. The molecule has 0 aromatic carbocycles. The average molecular weight is 200 g/mol. The zero-order valence-electron chi connectivity index (χ0n) is 6.95. The smallest absolute Gasteiger partial charge is 0.241 e. The van der Waals surface area contributed by atoms with Crippen LogP contribution in [0.3, 0.4) is 0 Å². The Balaban J connectivity index is 0.000000845. The molecule has 0 aromatic heterocycles. The lowest BCUT2D eigenvalue weighted by Gasteiger charge is -2.26. The standard InChI is InChI=1S/C8H12N2O2.H4Si/c11-7-3-1-5-9(7)10-6-2-4-8(10)12;/h1-6H2;1H4. The Labute approximate surface area is 81.9 Å². The summed E-state index contributed by atoms with van der Waals surface area (Å²) in [6.07, 6.45) is 2.98. The topological polar surface area (TPSA) is 40.6 Å². The molecule has 2 aliphatic rings. The molecule has 2 aliphatic heterocycles. The van der Waals surface area contributed by atoms with E-state index in [1.165, 1.54) is 0 Å². The predicted molar refractivity (Wildman–Crippen MR) is 53.2 cm³/mol. The van der Waals surface area contributed by atoms with E-state index in [0.29, 0.717) is 12.8 Å². The third-order valence-electron chi connectivity index (χ3n) is 2.39. The van der Waals surface area contributed by atoms with Crippen molar-refractivity contribution in [3.63, 3.8) is 0 Å². The molecule has 0 aromatic rings. The van der Waals surface area contributed by atoms with E-state index < -0.39 is 0 Å². The van der Waals surface area contributed by atoms with Crippen LogP contribution in [0.1, 0.15) is 25.7 Å². The molecule has 2 heterocycles. The largest absolute Gasteiger partial charge is 0.273 e. The van der Waals surface area contributed by atoms with E-state index in [2.05, 4.69) is 0 Å². The normalized spacial score (nSPS) is 22.5. The Hall–Kier alpha value is -0.843. The van der Waals surface area contributed by atoms with E-state index >= 15 is 0 Å². The van der Waals surface area contributed by atoms with Gasteiger partial charge in [0.25, 0.3) is 0 Å². The Morgan fingerprint density at radius 2 is 1.23 bits per heavy atom. The first-order valence-corrected chi connectivity index (χ1v) is 4.40. The van der Waals surface area contributed by atoms with Gasteiger partial charge in [-0.2, -0.15) is 0 Å². The number of hydrogen-bond donors (Lipinski definition) is 0. The van der Waals surface area contributed by atoms with Gasteiger partial charge in [-0.3, -0.25) is 19.6 Å². The highest BCUT2D eigenvalue weighted by Crippen LogP contribution is 2.18. The third-order valence-corrected chi connectivity index (χ3v) is 2.39. The van der Waals surface area contributed by atoms with Crippen LogP contribution in [0.5, 0.6) is 0 Å². The first kappa shape index (κ1) is 10.2. The molecular formula is C8H16N2O2Si. The van der Waals surface area contributed by atoms with Crippen LogP contribution in [-0.4, -0.2) is 45.9 Å². The second-order valence-electron chi connectivity index (χ2n) is 3.24. The second kappa shape index (κ2) is 3.91. The summed E-state index contributed by atoms with van der Waals surface area (Å²) in [4.78, 5) is 22.5. The number of hydrogen-bond acceptors (Lipinski definition) is 2. The third kappa shape index (κ3) is 1.74. The fraction of sp³-hybridized carbons (Fsp3) is 0.750. The molecule has 0 aliphatic carbocycles. The maximum Gasteiger partial charge on any atom is 0.241 e. The Morgan fingerprint density at radius 1 is 0.846 bits per heavy atom. The molecule has 2 amide bonds. The first-order valence-electron chi connectivity index (χ1n) is 4.40. The number of nitrogens with zero attached hydrogens (tertiary/aromatic N) is 2. The van der Waals surface area contributed by atoms with Crippen LogP contribution in [0.4, 0.5) is 0 Å². The van der Waals surface area contributed by atoms with E-state index in [4.69, 9.17) is 0 Å². The number of carbonyl (C=O) groups excluding carboxylic acids is 2. The van der Waals surface area contributed by atoms with Gasteiger partial charge >= 0.3 is 0 Å². The monoisotopic (exact) mass is 200 g/mol. The lowest BCUT2D eigenvalue weighted by molar-refractivity contribution is -0.155. The highest BCUT2D eigenvalue weighted by atomic mass is 28.1. The van der Waals surface area contributed by atoms with Crippen molar-refractivity contribution in [2.75, 3.05) is 13.1 Å². The minimum atomic E-state index is 0. The molecule has 4 nitrogen and oxygen atoms in total. The van der Waals surface area contributed by atoms with Crippen LogP contribution >= 0.6 is 0 Å². The zero-order valence-corrected chi connectivity index (χ0v) is 6.95. The van der Waals surface area contributed by atoms with Crippen LogP contribution in [0, 0.1) is 0 Å². The summed E-state index contributed by atoms with van der Waals surface area (Å²) in [6.45, 7) is 1.45. The zero-order chi connectivity index (χ0) is 8.55. The van der Waals surface area contributed by atoms with Crippen molar-refractivity contribution in [2.45, 2.75) is 25.7 Å². The van der Waals surface area contributed by atoms with Crippen molar-refractivity contribution in [3.8, 4) is 0 Å². The van der Waals surface area contributed by atoms with Crippen molar-refractivity contribution in [2.24, 2.45) is 0 Å². The lowest BCUT2D eigenvalue weighted by Crippen LogP contribution is -2.43. The number of carbonyl (C=O) groups is 2. The molecule has 13 heavy (non-hydrogen) atoms. The van der Waals surface area contributed by atoms with E-state index in [9.17, 15) is 9.59 Å². The molecule has 74 valence electrons. The number of amides is 2. The summed E-state index contributed by atoms with van der Waals surface area (Å²) >= 11 is 0. The van der Waals surface area contributed by atoms with Gasteiger partial charge in [-0.05, 0) is 23.8 Å². The van der Waals surface area contributed by atoms with Crippen molar-refractivity contribution < 1.29 is 9.59 Å². The van der Waals surface area contributed by atoms with Crippen molar-refractivity contribution in [3.05, 3.63) is 0 Å². The summed E-state index contributed by atoms with van der Waals surface area (Å²) in [5, 5.41) is 3.21. The van der Waals surface area contributed by atoms with Gasteiger partial charge in [0.05, 0.1) is 0 Å². The van der Waals surface area contributed by atoms with Crippen molar-refractivity contribution in [1.29, 1.82) is 0 Å². The second-order valence-corrected chi connectivity index (χ2v) is 3.24. The average Bonchev–Trinajstić information content (AvgIpc) is 2.59. The SMILES string of the molecule is O=C1CCCN1N1CCCC1=O.[SiH4]. The van der Waals surface area contributed by atoms with Gasteiger partial charge in [0.15, 0.2) is 0 Å². The molecule has 0 spiro atoms. The molecule has 0 atom stereocenters. The van der Waals surface area contributed by atoms with Gasteiger partial charge in [-0.15, -0.1) is 0 Å². The van der Waals surface area contributed by atoms with E-state index in [-0.39, 0.29) is 22.8 Å². The van der Waals surface area contributed by atoms with Crippen molar-refractivity contribution >= 4 is 22.8 Å². The van der Waals surface area contributed by atoms with E-state index in [0.717, 1.165) is 25.9 Å². The van der Waals surface area contributed by atoms with Gasteiger partial charge in [0.1, 0.15) is 0 Å². The van der Waals surface area contributed by atoms with Gasteiger partial charge in [-0.1, -0.05) is 0 Å². The molecule has 0 unspecified atom stereocenters.